The molecule has 212 valence electrons. The highest BCUT2D eigenvalue weighted by Crippen LogP contribution is 2.38. The van der Waals surface area contributed by atoms with Gasteiger partial charge in [-0.3, -0.25) is 4.40 Å². The second kappa shape index (κ2) is 11.2. The number of aromatic nitrogens is 4. The fourth-order valence-corrected chi connectivity index (χ4v) is 6.29. The minimum atomic E-state index is -2.76. The van der Waals surface area contributed by atoms with Crippen LogP contribution in [0.2, 0.25) is 5.15 Å². The summed E-state index contributed by atoms with van der Waals surface area (Å²) in [6.45, 7) is 4.74. The molecule has 1 aliphatic heterocycles. The third kappa shape index (κ3) is 6.16. The summed E-state index contributed by atoms with van der Waals surface area (Å²) in [5.41, 5.74) is 1.01. The Morgan fingerprint density at radius 2 is 2.00 bits per heavy atom. The van der Waals surface area contributed by atoms with Gasteiger partial charge >= 0.3 is 6.09 Å². The van der Waals surface area contributed by atoms with Crippen molar-refractivity contribution in [2.24, 2.45) is 0 Å². The first-order chi connectivity index (χ1) is 18.5. The van der Waals surface area contributed by atoms with Gasteiger partial charge in [-0.2, -0.15) is 0 Å². The van der Waals surface area contributed by atoms with Gasteiger partial charge in [0.05, 0.1) is 10.6 Å². The molecular weight excluding hydrogens is 574 g/mol. The zero-order valence-electron chi connectivity index (χ0n) is 21.7. The molecule has 0 spiro atoms. The second-order valence-electron chi connectivity index (χ2n) is 10.1. The molecule has 16 heteroatoms. The van der Waals surface area contributed by atoms with Gasteiger partial charge < -0.3 is 19.4 Å². The van der Waals surface area contributed by atoms with Gasteiger partial charge in [-0.15, -0.1) is 10.2 Å². The van der Waals surface area contributed by atoms with Crippen molar-refractivity contribution in [1.82, 2.24) is 34.1 Å². The Morgan fingerprint density at radius 1 is 1.28 bits per heavy atom. The van der Waals surface area contributed by atoms with Crippen LogP contribution in [0.1, 0.15) is 31.2 Å². The van der Waals surface area contributed by atoms with Gasteiger partial charge in [0.15, 0.2) is 21.0 Å². The number of hydrogen-bond donors (Lipinski definition) is 1. The number of halogens is 3. The number of imidazole rings is 1. The van der Waals surface area contributed by atoms with E-state index < -0.39 is 22.4 Å². The van der Waals surface area contributed by atoms with Crippen LogP contribution in [0.3, 0.4) is 0 Å². The number of alkyl halides is 2. The number of piperazine rings is 1. The van der Waals surface area contributed by atoms with E-state index >= 15 is 0 Å². The monoisotopic (exact) mass is 602 g/mol. The van der Waals surface area contributed by atoms with Crippen molar-refractivity contribution in [2.45, 2.75) is 36.6 Å². The van der Waals surface area contributed by atoms with Gasteiger partial charge in [-0.25, -0.2) is 27.5 Å². The Balaban J connectivity index is 1.46. The van der Waals surface area contributed by atoms with Gasteiger partial charge in [0.25, 0.3) is 6.43 Å². The summed E-state index contributed by atoms with van der Waals surface area (Å²) in [6.07, 6.45) is 0.358. The lowest BCUT2D eigenvalue weighted by Gasteiger charge is -2.36. The molecule has 1 saturated heterocycles. The van der Waals surface area contributed by atoms with E-state index in [4.69, 9.17) is 16.3 Å². The molecule has 1 N–H and O–H groups in total. The topological polar surface area (TPSA) is 108 Å². The van der Waals surface area contributed by atoms with Crippen LogP contribution in [0.4, 0.5) is 19.3 Å². The molecule has 11 nitrogen and oxygen atoms in total. The molecule has 1 aliphatic carbocycles. The number of nitrogens with zero attached hydrogens (tertiary/aromatic N) is 7. The van der Waals surface area contributed by atoms with E-state index in [-0.39, 0.29) is 27.6 Å². The Kier molecular flexibility index (Phi) is 8.06. The standard InChI is InChI=1S/C23H29ClF2N8O3S2/c1-23(4-5-23)30-39(36)14-12-15(32-6-8-33(9-7-32)22(35)37-11-10-31(2)3)16-17(24)27-19(34(16)13-14)21-29-28-20(38-21)18(25)26/h12-13,18,30H,4-11H2,1-3H3. The number of likely N-dealkylation sites (N-methyl/N-ethyl adjacent to an activating group) is 1. The first kappa shape index (κ1) is 28.1. The van der Waals surface area contributed by atoms with Crippen LogP contribution in [0.5, 0.6) is 0 Å². The maximum Gasteiger partial charge on any atom is 0.409 e. The Labute approximate surface area is 235 Å². The summed E-state index contributed by atoms with van der Waals surface area (Å²) in [5.74, 6) is 0.236. The van der Waals surface area contributed by atoms with Gasteiger partial charge in [-0.1, -0.05) is 22.9 Å². The van der Waals surface area contributed by atoms with E-state index in [0.717, 1.165) is 24.2 Å². The smallest absolute Gasteiger partial charge is 0.409 e. The maximum atomic E-state index is 13.3. The fraction of sp³-hybridized carbons (Fsp3) is 0.565. The zero-order chi connectivity index (χ0) is 27.9. The normalized spacial score (nSPS) is 17.8. The average molecular weight is 603 g/mol. The van der Waals surface area contributed by atoms with Gasteiger partial charge in [0.1, 0.15) is 23.1 Å². The highest BCUT2D eigenvalue weighted by atomic mass is 35.5. The highest BCUT2D eigenvalue weighted by molar-refractivity contribution is 7.83. The molecule has 2 fully saturated rings. The fourth-order valence-electron chi connectivity index (χ4n) is 4.14. The quantitative estimate of drug-likeness (QED) is 0.397. The molecule has 1 saturated carbocycles. The number of rotatable bonds is 9. The van der Waals surface area contributed by atoms with Crippen LogP contribution < -0.4 is 9.62 Å². The van der Waals surface area contributed by atoms with Crippen molar-refractivity contribution in [1.29, 1.82) is 0 Å². The summed E-state index contributed by atoms with van der Waals surface area (Å²) in [4.78, 5) is 23.0. The molecule has 0 bridgehead atoms. The number of amides is 1. The highest BCUT2D eigenvalue weighted by Gasteiger charge is 2.39. The minimum Gasteiger partial charge on any atom is -0.448 e. The summed E-state index contributed by atoms with van der Waals surface area (Å²) in [7, 11) is 2.26. The number of nitrogens with one attached hydrogen (secondary N) is 1. The first-order valence-corrected chi connectivity index (χ1v) is 14.7. The molecule has 0 radical (unpaired) electrons. The lowest BCUT2D eigenvalue weighted by molar-refractivity contribution is 0.0941. The number of pyridine rings is 1. The summed E-state index contributed by atoms with van der Waals surface area (Å²) >= 11 is 7.33. The predicted molar refractivity (Wildman–Crippen MR) is 145 cm³/mol. The van der Waals surface area contributed by atoms with E-state index in [1.807, 2.05) is 30.8 Å². The third-order valence-electron chi connectivity index (χ3n) is 6.66. The van der Waals surface area contributed by atoms with Crippen molar-refractivity contribution in [3.05, 3.63) is 22.4 Å². The van der Waals surface area contributed by atoms with Crippen LogP contribution in [0, 0.1) is 0 Å². The molecule has 1 amide bonds. The van der Waals surface area contributed by atoms with Crippen molar-refractivity contribution < 1.29 is 22.5 Å². The predicted octanol–water partition coefficient (Wildman–Crippen LogP) is 3.43. The molecule has 1 atom stereocenters. The van der Waals surface area contributed by atoms with Gasteiger partial charge in [0, 0.05) is 44.5 Å². The number of anilines is 1. The average Bonchev–Trinajstić information content (AvgIpc) is 3.27. The van der Waals surface area contributed by atoms with Crippen LogP contribution in [0.15, 0.2) is 17.2 Å². The minimum absolute atomic E-state index is 0.152. The number of carbonyl (C=O) groups excluding carboxylic acids is 1. The first-order valence-electron chi connectivity index (χ1n) is 12.4. The zero-order valence-corrected chi connectivity index (χ0v) is 24.1. The molecule has 3 aromatic rings. The van der Waals surface area contributed by atoms with Crippen molar-refractivity contribution >= 4 is 51.2 Å². The van der Waals surface area contributed by atoms with Crippen LogP contribution in [-0.2, 0) is 15.7 Å². The molecule has 0 aromatic carbocycles. The van der Waals surface area contributed by atoms with Crippen molar-refractivity contribution in [3.63, 3.8) is 0 Å². The van der Waals surface area contributed by atoms with Gasteiger partial charge in [0.2, 0.25) is 0 Å². The number of hydrogen-bond acceptors (Lipinski definition) is 9. The van der Waals surface area contributed by atoms with E-state index in [1.165, 1.54) is 0 Å². The lowest BCUT2D eigenvalue weighted by Crippen LogP contribution is -2.49. The Bertz CT molecular complexity index is 1390. The largest absolute Gasteiger partial charge is 0.448 e. The van der Waals surface area contributed by atoms with E-state index in [1.54, 1.807) is 21.6 Å². The van der Waals surface area contributed by atoms with Crippen LogP contribution in [0.25, 0.3) is 16.3 Å². The second-order valence-corrected chi connectivity index (χ2v) is 12.7. The number of ether oxygens (including phenoxy) is 1. The van der Waals surface area contributed by atoms with Crippen molar-refractivity contribution in [2.75, 3.05) is 58.3 Å². The molecular formula is C23H29ClF2N8O3S2. The molecule has 1 unspecified atom stereocenters. The summed E-state index contributed by atoms with van der Waals surface area (Å²) < 4.78 is 49.9. The van der Waals surface area contributed by atoms with E-state index in [9.17, 15) is 17.8 Å². The maximum absolute atomic E-state index is 13.3. The lowest BCUT2D eigenvalue weighted by atomic mass is 10.2. The third-order valence-corrected chi connectivity index (χ3v) is 9.18. The number of fused-ring (bicyclic) bond motifs is 1. The van der Waals surface area contributed by atoms with Crippen LogP contribution in [-0.4, -0.2) is 98.6 Å². The van der Waals surface area contributed by atoms with Gasteiger partial charge in [-0.05, 0) is 39.9 Å². The molecule has 5 rings (SSSR count). The molecule has 39 heavy (non-hydrogen) atoms. The molecule has 4 heterocycles. The Hall–Kier alpha value is -2.46. The SMILES string of the molecule is CN(C)CCOC(=O)N1CCN(c2cc(S(=O)NC3(C)CC3)cn3c(-c4nnc(C(F)F)s4)nc(Cl)c23)CC1. The number of carbonyl (C=O) groups is 1. The Morgan fingerprint density at radius 3 is 2.62 bits per heavy atom. The van der Waals surface area contributed by atoms with Crippen LogP contribution >= 0.6 is 22.9 Å². The summed E-state index contributed by atoms with van der Waals surface area (Å²) in [6, 6.07) is 1.80. The van der Waals surface area contributed by atoms with E-state index in [2.05, 4.69) is 19.9 Å². The van der Waals surface area contributed by atoms with Crippen molar-refractivity contribution in [3.8, 4) is 10.8 Å². The molecule has 2 aliphatic rings. The van der Waals surface area contributed by atoms with E-state index in [0.29, 0.717) is 55.4 Å². The molecule has 3 aromatic heterocycles. The summed E-state index contributed by atoms with van der Waals surface area (Å²) in [5, 5.41) is 7.38.